The standard InChI is InChI=1S/C20H21ClO4.C17H16O4/c1-13(2)24-19(23)20(3,4)25-17-11-7-15(8-12-17)18(22)14-5-9-16(21)10-6-14;1-4-13(11-5-7-12(20-2)8-6-11)14-9-16(19)17(21-3)10-15(14)18/h5-13H,1-4H3;4-10,13H,1H2,2-3H3. The number of carbonyl (C=O) groups excluding carboxylic acids is 4. The molecule has 0 saturated carbocycles. The summed E-state index contributed by atoms with van der Waals surface area (Å²) in [4.78, 5) is 48.5. The number of ether oxygens (including phenoxy) is 4. The molecule has 0 saturated heterocycles. The molecule has 240 valence electrons. The van der Waals surface area contributed by atoms with E-state index < -0.39 is 11.6 Å². The van der Waals surface area contributed by atoms with E-state index in [0.29, 0.717) is 27.5 Å². The molecule has 0 heterocycles. The fraction of sp³-hybridized carbons (Fsp3) is 0.243. The summed E-state index contributed by atoms with van der Waals surface area (Å²) in [5.41, 5.74) is 1.22. The van der Waals surface area contributed by atoms with Crippen molar-refractivity contribution in [3.8, 4) is 11.5 Å². The Morgan fingerprint density at radius 1 is 0.783 bits per heavy atom. The average molecular weight is 645 g/mol. The summed E-state index contributed by atoms with van der Waals surface area (Å²) in [6, 6.07) is 20.7. The van der Waals surface area contributed by atoms with E-state index in [2.05, 4.69) is 6.58 Å². The molecule has 0 radical (unpaired) electrons. The highest BCUT2D eigenvalue weighted by atomic mass is 35.5. The van der Waals surface area contributed by atoms with Gasteiger partial charge in [0.05, 0.1) is 20.3 Å². The van der Waals surface area contributed by atoms with Crippen LogP contribution in [0.5, 0.6) is 11.5 Å². The van der Waals surface area contributed by atoms with Crippen LogP contribution in [-0.2, 0) is 23.9 Å². The summed E-state index contributed by atoms with van der Waals surface area (Å²) >= 11 is 5.84. The van der Waals surface area contributed by atoms with Gasteiger partial charge in [-0.1, -0.05) is 29.8 Å². The van der Waals surface area contributed by atoms with E-state index in [1.807, 2.05) is 12.1 Å². The first-order valence-electron chi connectivity index (χ1n) is 14.4. The van der Waals surface area contributed by atoms with Crippen LogP contribution in [0.25, 0.3) is 0 Å². The third-order valence-electron chi connectivity index (χ3n) is 6.77. The van der Waals surface area contributed by atoms with E-state index in [1.54, 1.807) is 102 Å². The van der Waals surface area contributed by atoms with E-state index in [-0.39, 0.29) is 35.1 Å². The predicted molar refractivity (Wildman–Crippen MR) is 176 cm³/mol. The number of benzene rings is 3. The highest BCUT2D eigenvalue weighted by Crippen LogP contribution is 2.30. The van der Waals surface area contributed by atoms with Gasteiger partial charge < -0.3 is 18.9 Å². The minimum atomic E-state index is -1.12. The van der Waals surface area contributed by atoms with E-state index in [4.69, 9.17) is 30.5 Å². The number of halogens is 1. The van der Waals surface area contributed by atoms with Gasteiger partial charge in [0.2, 0.25) is 5.78 Å². The second kappa shape index (κ2) is 15.9. The molecule has 1 unspecified atom stereocenters. The number of esters is 1. The summed E-state index contributed by atoms with van der Waals surface area (Å²) in [6.45, 7) is 10.6. The summed E-state index contributed by atoms with van der Waals surface area (Å²) in [7, 11) is 2.95. The number of methoxy groups -OCH3 is 2. The molecular weight excluding hydrogens is 608 g/mol. The van der Waals surface area contributed by atoms with Crippen molar-refractivity contribution in [2.75, 3.05) is 14.2 Å². The highest BCUT2D eigenvalue weighted by molar-refractivity contribution is 6.30. The lowest BCUT2D eigenvalue weighted by molar-refractivity contribution is -0.163. The number of allylic oxidation sites excluding steroid dienone is 4. The number of carbonyl (C=O) groups is 4. The minimum Gasteiger partial charge on any atom is -0.497 e. The number of hydrogen-bond acceptors (Lipinski definition) is 8. The first-order chi connectivity index (χ1) is 21.8. The zero-order valence-corrected chi connectivity index (χ0v) is 27.4. The summed E-state index contributed by atoms with van der Waals surface area (Å²) in [5.74, 6) is -0.185. The first-order valence-corrected chi connectivity index (χ1v) is 14.8. The van der Waals surface area contributed by atoms with Crippen LogP contribution in [-0.4, -0.2) is 49.2 Å². The molecule has 9 heteroatoms. The van der Waals surface area contributed by atoms with E-state index >= 15 is 0 Å². The van der Waals surface area contributed by atoms with Crippen molar-refractivity contribution in [1.29, 1.82) is 0 Å². The Morgan fingerprint density at radius 2 is 1.33 bits per heavy atom. The maximum absolute atomic E-state index is 12.4. The molecule has 1 aliphatic rings. The molecule has 0 fully saturated rings. The third-order valence-corrected chi connectivity index (χ3v) is 7.02. The average Bonchev–Trinajstić information content (AvgIpc) is 3.03. The van der Waals surface area contributed by atoms with Crippen LogP contribution in [0.1, 0.15) is 55.1 Å². The van der Waals surface area contributed by atoms with Crippen molar-refractivity contribution in [3.05, 3.63) is 131 Å². The third kappa shape index (κ3) is 9.28. The van der Waals surface area contributed by atoms with Crippen molar-refractivity contribution >= 4 is 34.9 Å². The topological polar surface area (TPSA) is 105 Å². The van der Waals surface area contributed by atoms with Crippen LogP contribution in [0.4, 0.5) is 0 Å². The summed E-state index contributed by atoms with van der Waals surface area (Å²) < 4.78 is 20.9. The second-order valence-corrected chi connectivity index (χ2v) is 11.4. The summed E-state index contributed by atoms with van der Waals surface area (Å²) in [5, 5.41) is 0.579. The van der Waals surface area contributed by atoms with Crippen LogP contribution < -0.4 is 9.47 Å². The lowest BCUT2D eigenvalue weighted by Gasteiger charge is -2.25. The van der Waals surface area contributed by atoms with Crippen molar-refractivity contribution in [1.82, 2.24) is 0 Å². The molecule has 0 amide bonds. The van der Waals surface area contributed by atoms with Crippen molar-refractivity contribution in [2.45, 2.75) is 45.3 Å². The molecular formula is C37H37ClO8. The SMILES string of the molecule is C=CC(C1=CC(=O)C(OC)=CC1=O)c1ccc(OC)cc1.CC(C)OC(=O)C(C)(C)Oc1ccc(C(=O)c2ccc(Cl)cc2)cc1. The van der Waals surface area contributed by atoms with Gasteiger partial charge in [0.25, 0.3) is 0 Å². The molecule has 0 aliphatic heterocycles. The Balaban J connectivity index is 0.000000254. The monoisotopic (exact) mass is 644 g/mol. The van der Waals surface area contributed by atoms with Crippen LogP contribution in [0, 0.1) is 0 Å². The number of ketones is 3. The molecule has 46 heavy (non-hydrogen) atoms. The highest BCUT2D eigenvalue weighted by Gasteiger charge is 2.32. The van der Waals surface area contributed by atoms with Gasteiger partial charge in [0, 0.05) is 33.7 Å². The second-order valence-electron chi connectivity index (χ2n) is 11.0. The molecule has 0 spiro atoms. The Kier molecular flexibility index (Phi) is 12.3. The lowest BCUT2D eigenvalue weighted by Crippen LogP contribution is -2.40. The van der Waals surface area contributed by atoms with Gasteiger partial charge in [-0.25, -0.2) is 4.79 Å². The van der Waals surface area contributed by atoms with Crippen LogP contribution >= 0.6 is 11.6 Å². The van der Waals surface area contributed by atoms with Gasteiger partial charge >= 0.3 is 5.97 Å². The van der Waals surface area contributed by atoms with Crippen molar-refractivity contribution in [3.63, 3.8) is 0 Å². The Morgan fingerprint density at radius 3 is 1.83 bits per heavy atom. The molecule has 0 N–H and O–H groups in total. The van der Waals surface area contributed by atoms with Gasteiger partial charge in [0.1, 0.15) is 11.5 Å². The number of rotatable bonds is 11. The molecule has 8 nitrogen and oxygen atoms in total. The fourth-order valence-corrected chi connectivity index (χ4v) is 4.47. The van der Waals surface area contributed by atoms with Gasteiger partial charge in [0.15, 0.2) is 22.9 Å². The maximum Gasteiger partial charge on any atom is 0.350 e. The Hall–Kier alpha value is -4.95. The summed E-state index contributed by atoms with van der Waals surface area (Å²) in [6.07, 6.45) is 3.97. The zero-order valence-electron chi connectivity index (χ0n) is 26.7. The minimum absolute atomic E-state index is 0.0568. The molecule has 1 atom stereocenters. The van der Waals surface area contributed by atoms with Gasteiger partial charge in [-0.05, 0) is 100.0 Å². The molecule has 3 aromatic rings. The fourth-order valence-electron chi connectivity index (χ4n) is 4.35. The normalized spacial score (nSPS) is 13.4. The van der Waals surface area contributed by atoms with Crippen LogP contribution in [0.2, 0.25) is 5.02 Å². The maximum atomic E-state index is 12.4. The quantitative estimate of drug-likeness (QED) is 0.0930. The van der Waals surface area contributed by atoms with Gasteiger partial charge in [-0.3, -0.25) is 14.4 Å². The molecule has 0 bridgehead atoms. The van der Waals surface area contributed by atoms with E-state index in [1.165, 1.54) is 19.3 Å². The Bertz CT molecular complexity index is 1630. The molecule has 0 aromatic heterocycles. The van der Waals surface area contributed by atoms with E-state index in [0.717, 1.165) is 11.3 Å². The molecule has 1 aliphatic carbocycles. The van der Waals surface area contributed by atoms with E-state index in [9.17, 15) is 19.2 Å². The molecule has 3 aromatic carbocycles. The van der Waals surface area contributed by atoms with Crippen molar-refractivity contribution < 1.29 is 38.1 Å². The van der Waals surface area contributed by atoms with Gasteiger partial charge in [-0.15, -0.1) is 6.58 Å². The van der Waals surface area contributed by atoms with Gasteiger partial charge in [-0.2, -0.15) is 0 Å². The molecule has 4 rings (SSSR count). The largest absolute Gasteiger partial charge is 0.497 e. The lowest BCUT2D eigenvalue weighted by atomic mass is 9.85. The Labute approximate surface area is 274 Å². The van der Waals surface area contributed by atoms with Crippen LogP contribution in [0.15, 0.2) is 109 Å². The predicted octanol–water partition coefficient (Wildman–Crippen LogP) is 7.25. The zero-order chi connectivity index (χ0) is 34.0. The van der Waals surface area contributed by atoms with Crippen LogP contribution in [0.3, 0.4) is 0 Å². The number of hydrogen-bond donors (Lipinski definition) is 0. The van der Waals surface area contributed by atoms with Crippen molar-refractivity contribution in [2.24, 2.45) is 0 Å². The first kappa shape index (κ1) is 35.5. The smallest absolute Gasteiger partial charge is 0.350 e.